The lowest BCUT2D eigenvalue weighted by Crippen LogP contribution is -2.46. The fraction of sp³-hybridized carbons (Fsp3) is 1.00. The Bertz CT molecular complexity index is 331. The number of hydrogen-bond donors (Lipinski definition) is 2. The van der Waals surface area contributed by atoms with Crippen LogP contribution in [0.4, 0.5) is 0 Å². The summed E-state index contributed by atoms with van der Waals surface area (Å²) in [4.78, 5) is 0. The molecule has 0 aromatic carbocycles. The Labute approximate surface area is 104 Å². The normalized spacial score (nSPS) is 28.6. The Morgan fingerprint density at radius 2 is 2.00 bits per heavy atom. The van der Waals surface area contributed by atoms with Gasteiger partial charge in [0.25, 0.3) is 10.2 Å². The van der Waals surface area contributed by atoms with Gasteiger partial charge in [-0.05, 0) is 44.2 Å². The Morgan fingerprint density at radius 3 is 2.59 bits per heavy atom. The van der Waals surface area contributed by atoms with Crippen molar-refractivity contribution in [3.63, 3.8) is 0 Å². The summed E-state index contributed by atoms with van der Waals surface area (Å²) < 4.78 is 28.4. The molecular formula is C11H23N3O2S. The van der Waals surface area contributed by atoms with Crippen molar-refractivity contribution >= 4 is 10.2 Å². The second-order valence-electron chi connectivity index (χ2n) is 5.29. The van der Waals surface area contributed by atoms with Gasteiger partial charge >= 0.3 is 0 Å². The zero-order valence-electron chi connectivity index (χ0n) is 10.5. The number of rotatable bonds is 4. The SMILES string of the molecule is CC1CCN(S(=O)(=O)NCC2CCNC2)CC1. The van der Waals surface area contributed by atoms with Crippen LogP contribution in [0.1, 0.15) is 26.2 Å². The highest BCUT2D eigenvalue weighted by atomic mass is 32.2. The molecule has 0 saturated carbocycles. The molecule has 100 valence electrons. The lowest BCUT2D eigenvalue weighted by Gasteiger charge is -2.29. The highest BCUT2D eigenvalue weighted by Gasteiger charge is 2.27. The van der Waals surface area contributed by atoms with Crippen LogP contribution in [0.15, 0.2) is 0 Å². The van der Waals surface area contributed by atoms with Crippen LogP contribution in [0.5, 0.6) is 0 Å². The summed E-state index contributed by atoms with van der Waals surface area (Å²) in [6.07, 6.45) is 3.03. The lowest BCUT2D eigenvalue weighted by atomic mass is 10.0. The van der Waals surface area contributed by atoms with Gasteiger partial charge in [-0.3, -0.25) is 0 Å². The summed E-state index contributed by atoms with van der Waals surface area (Å²) >= 11 is 0. The predicted molar refractivity (Wildman–Crippen MR) is 67.9 cm³/mol. The number of piperidine rings is 1. The molecule has 6 heteroatoms. The third kappa shape index (κ3) is 3.64. The molecule has 17 heavy (non-hydrogen) atoms. The first kappa shape index (κ1) is 13.3. The summed E-state index contributed by atoms with van der Waals surface area (Å²) in [5.41, 5.74) is 0. The van der Waals surface area contributed by atoms with Gasteiger partial charge in [0.15, 0.2) is 0 Å². The van der Waals surface area contributed by atoms with Gasteiger partial charge in [-0.25, -0.2) is 4.72 Å². The predicted octanol–water partition coefficient (Wildman–Crippen LogP) is 0.162. The van der Waals surface area contributed by atoms with E-state index in [4.69, 9.17) is 0 Å². The number of hydrogen-bond acceptors (Lipinski definition) is 3. The van der Waals surface area contributed by atoms with Crippen molar-refractivity contribution in [1.82, 2.24) is 14.3 Å². The quantitative estimate of drug-likeness (QED) is 0.758. The van der Waals surface area contributed by atoms with Gasteiger partial charge in [0.1, 0.15) is 0 Å². The molecule has 0 aliphatic carbocycles. The molecule has 5 nitrogen and oxygen atoms in total. The minimum Gasteiger partial charge on any atom is -0.316 e. The van der Waals surface area contributed by atoms with Crippen molar-refractivity contribution in [3.8, 4) is 0 Å². The molecule has 2 aliphatic heterocycles. The van der Waals surface area contributed by atoms with E-state index in [0.717, 1.165) is 32.4 Å². The van der Waals surface area contributed by atoms with E-state index in [1.807, 2.05) is 0 Å². The summed E-state index contributed by atoms with van der Waals surface area (Å²) in [5, 5.41) is 3.25. The van der Waals surface area contributed by atoms with Crippen LogP contribution in [0.2, 0.25) is 0 Å². The largest absolute Gasteiger partial charge is 0.316 e. The van der Waals surface area contributed by atoms with E-state index in [-0.39, 0.29) is 0 Å². The second-order valence-corrected chi connectivity index (χ2v) is 7.05. The van der Waals surface area contributed by atoms with Crippen molar-refractivity contribution in [2.45, 2.75) is 26.2 Å². The van der Waals surface area contributed by atoms with Crippen LogP contribution in [0, 0.1) is 11.8 Å². The van der Waals surface area contributed by atoms with E-state index < -0.39 is 10.2 Å². The zero-order valence-corrected chi connectivity index (χ0v) is 11.3. The standard InChI is InChI=1S/C11H23N3O2S/c1-10-3-6-14(7-4-10)17(15,16)13-9-11-2-5-12-8-11/h10-13H,2-9H2,1H3. The molecule has 2 N–H and O–H groups in total. The summed E-state index contributed by atoms with van der Waals surface area (Å²) in [6.45, 7) is 6.02. The van der Waals surface area contributed by atoms with Crippen LogP contribution in [-0.4, -0.2) is 45.4 Å². The summed E-state index contributed by atoms with van der Waals surface area (Å²) in [7, 11) is -3.24. The van der Waals surface area contributed by atoms with Crippen molar-refractivity contribution < 1.29 is 8.42 Å². The Hall–Kier alpha value is -0.170. The maximum atomic E-state index is 12.0. The average molecular weight is 261 g/mol. The van der Waals surface area contributed by atoms with Gasteiger partial charge in [0.2, 0.25) is 0 Å². The smallest absolute Gasteiger partial charge is 0.279 e. The molecule has 0 aromatic heterocycles. The van der Waals surface area contributed by atoms with Crippen LogP contribution in [0.25, 0.3) is 0 Å². The van der Waals surface area contributed by atoms with E-state index in [2.05, 4.69) is 17.0 Å². The van der Waals surface area contributed by atoms with Gasteiger partial charge in [0.05, 0.1) is 0 Å². The molecule has 2 aliphatic rings. The fourth-order valence-electron chi connectivity index (χ4n) is 2.43. The van der Waals surface area contributed by atoms with Crippen molar-refractivity contribution in [1.29, 1.82) is 0 Å². The van der Waals surface area contributed by atoms with Crippen LogP contribution >= 0.6 is 0 Å². The van der Waals surface area contributed by atoms with E-state index in [1.54, 1.807) is 4.31 Å². The average Bonchev–Trinajstić information content (AvgIpc) is 2.80. The van der Waals surface area contributed by atoms with Crippen molar-refractivity contribution in [2.75, 3.05) is 32.7 Å². The van der Waals surface area contributed by atoms with Gasteiger partial charge in [-0.15, -0.1) is 0 Å². The van der Waals surface area contributed by atoms with Gasteiger partial charge in [-0.1, -0.05) is 6.92 Å². The molecule has 2 heterocycles. The Morgan fingerprint density at radius 1 is 1.29 bits per heavy atom. The summed E-state index contributed by atoms with van der Waals surface area (Å²) in [6, 6.07) is 0. The first-order valence-electron chi connectivity index (χ1n) is 6.53. The van der Waals surface area contributed by atoms with Crippen molar-refractivity contribution in [2.24, 2.45) is 11.8 Å². The highest BCUT2D eigenvalue weighted by Crippen LogP contribution is 2.18. The van der Waals surface area contributed by atoms with Gasteiger partial charge in [-0.2, -0.15) is 12.7 Å². The topological polar surface area (TPSA) is 61.4 Å². The second kappa shape index (κ2) is 5.65. The molecule has 0 spiro atoms. The number of nitrogens with one attached hydrogen (secondary N) is 2. The third-order valence-corrected chi connectivity index (χ3v) is 5.38. The first-order chi connectivity index (χ1) is 8.08. The van der Waals surface area contributed by atoms with Crippen LogP contribution in [-0.2, 0) is 10.2 Å². The Balaban J connectivity index is 1.81. The lowest BCUT2D eigenvalue weighted by molar-refractivity contribution is 0.284. The molecule has 2 rings (SSSR count). The molecule has 2 fully saturated rings. The molecule has 2 saturated heterocycles. The molecule has 1 unspecified atom stereocenters. The molecule has 0 bridgehead atoms. The first-order valence-corrected chi connectivity index (χ1v) is 7.97. The molecule has 0 aromatic rings. The molecule has 0 amide bonds. The van der Waals surface area contributed by atoms with E-state index >= 15 is 0 Å². The molecule has 0 radical (unpaired) electrons. The van der Waals surface area contributed by atoms with Crippen LogP contribution in [0.3, 0.4) is 0 Å². The highest BCUT2D eigenvalue weighted by molar-refractivity contribution is 7.87. The van der Waals surface area contributed by atoms with E-state index in [1.165, 1.54) is 0 Å². The molecule has 1 atom stereocenters. The van der Waals surface area contributed by atoms with E-state index in [9.17, 15) is 8.42 Å². The van der Waals surface area contributed by atoms with Crippen molar-refractivity contribution in [3.05, 3.63) is 0 Å². The number of nitrogens with zero attached hydrogens (tertiary/aromatic N) is 1. The maximum Gasteiger partial charge on any atom is 0.279 e. The van der Waals surface area contributed by atoms with E-state index in [0.29, 0.717) is 31.5 Å². The molecular weight excluding hydrogens is 238 g/mol. The fourth-order valence-corrected chi connectivity index (χ4v) is 3.75. The summed E-state index contributed by atoms with van der Waals surface area (Å²) in [5.74, 6) is 1.11. The monoisotopic (exact) mass is 261 g/mol. The minimum atomic E-state index is -3.24. The minimum absolute atomic E-state index is 0.452. The van der Waals surface area contributed by atoms with Gasteiger partial charge in [0, 0.05) is 19.6 Å². The zero-order chi connectivity index (χ0) is 12.3. The third-order valence-electron chi connectivity index (χ3n) is 3.80. The van der Waals surface area contributed by atoms with Crippen LogP contribution < -0.4 is 10.0 Å². The van der Waals surface area contributed by atoms with Gasteiger partial charge < -0.3 is 5.32 Å². The Kier molecular flexibility index (Phi) is 4.41. The maximum absolute atomic E-state index is 12.0.